The lowest BCUT2D eigenvalue weighted by atomic mass is 10.2. The van der Waals surface area contributed by atoms with Crippen LogP contribution in [0, 0.1) is 0 Å². The average molecular weight is 430 g/mol. The number of nitrogens with zero attached hydrogens (tertiary/aromatic N) is 3. The van der Waals surface area contributed by atoms with Crippen LogP contribution in [0.25, 0.3) is 11.3 Å². The zero-order valence-electron chi connectivity index (χ0n) is 13.8. The van der Waals surface area contributed by atoms with Gasteiger partial charge in [-0.2, -0.15) is 0 Å². The molecule has 0 aliphatic carbocycles. The van der Waals surface area contributed by atoms with E-state index in [4.69, 9.17) is 0 Å². The van der Waals surface area contributed by atoms with Crippen LogP contribution < -0.4 is 10.5 Å². The van der Waals surface area contributed by atoms with Gasteiger partial charge in [0.2, 0.25) is 5.91 Å². The van der Waals surface area contributed by atoms with Crippen molar-refractivity contribution in [3.8, 4) is 11.3 Å². The first-order chi connectivity index (χ1) is 12.6. The van der Waals surface area contributed by atoms with Gasteiger partial charge in [0.05, 0.1) is 5.69 Å². The third-order valence-corrected chi connectivity index (χ3v) is 4.99. The maximum Gasteiger partial charge on any atom is 0.251 e. The van der Waals surface area contributed by atoms with E-state index in [-0.39, 0.29) is 18.0 Å². The number of amides is 1. The second-order valence-electron chi connectivity index (χ2n) is 5.49. The Morgan fingerprint density at radius 1 is 1.27 bits per heavy atom. The van der Waals surface area contributed by atoms with Crippen LogP contribution in [0.2, 0.25) is 0 Å². The highest BCUT2D eigenvalue weighted by molar-refractivity contribution is 9.10. The predicted octanol–water partition coefficient (Wildman–Crippen LogP) is 3.95. The van der Waals surface area contributed by atoms with Crippen LogP contribution in [0.5, 0.6) is 0 Å². The number of hydrogen-bond acceptors (Lipinski definition) is 4. The molecule has 0 radical (unpaired) electrons. The number of hydrogen-bond donors (Lipinski definition) is 0. The summed E-state index contributed by atoms with van der Waals surface area (Å²) in [6, 6.07) is 12.9. The van der Waals surface area contributed by atoms with E-state index in [0.29, 0.717) is 11.7 Å². The van der Waals surface area contributed by atoms with Crippen molar-refractivity contribution in [2.45, 2.75) is 6.54 Å². The van der Waals surface area contributed by atoms with E-state index >= 15 is 0 Å². The number of thiazole rings is 1. The van der Waals surface area contributed by atoms with Crippen molar-refractivity contribution in [3.05, 3.63) is 81.5 Å². The Morgan fingerprint density at radius 3 is 2.77 bits per heavy atom. The lowest BCUT2D eigenvalue weighted by Gasteiger charge is -2.18. The number of carbonyl (C=O) groups excluding carboxylic acids is 1. The van der Waals surface area contributed by atoms with Crippen molar-refractivity contribution < 1.29 is 4.79 Å². The van der Waals surface area contributed by atoms with Gasteiger partial charge in [-0.05, 0) is 22.0 Å². The molecular weight excluding hydrogens is 414 g/mol. The Bertz CT molecular complexity index is 982. The van der Waals surface area contributed by atoms with Crippen molar-refractivity contribution >= 4 is 38.3 Å². The first-order valence-electron chi connectivity index (χ1n) is 7.86. The van der Waals surface area contributed by atoms with Crippen molar-refractivity contribution in [2.75, 3.05) is 11.4 Å². The summed E-state index contributed by atoms with van der Waals surface area (Å²) >= 11 is 4.71. The molecule has 0 aliphatic heterocycles. The molecule has 3 rings (SSSR count). The Morgan fingerprint density at radius 2 is 2.04 bits per heavy atom. The van der Waals surface area contributed by atoms with E-state index in [0.717, 1.165) is 15.7 Å². The largest absolute Gasteiger partial charge is 0.305 e. The van der Waals surface area contributed by atoms with Crippen molar-refractivity contribution in [1.29, 1.82) is 0 Å². The summed E-state index contributed by atoms with van der Waals surface area (Å²) < 4.78 is 2.11. The molecule has 0 bridgehead atoms. The molecule has 0 unspecified atom stereocenters. The minimum Gasteiger partial charge on any atom is -0.305 e. The second-order valence-corrected chi connectivity index (χ2v) is 7.24. The van der Waals surface area contributed by atoms with E-state index in [1.165, 1.54) is 26.9 Å². The fourth-order valence-electron chi connectivity index (χ4n) is 2.40. The number of carbonyl (C=O) groups is 1. The Labute approximate surface area is 163 Å². The molecule has 0 saturated carbocycles. The third-order valence-electron chi connectivity index (χ3n) is 3.66. The van der Waals surface area contributed by atoms with E-state index in [9.17, 15) is 9.59 Å². The van der Waals surface area contributed by atoms with E-state index in [2.05, 4.69) is 27.5 Å². The third kappa shape index (κ3) is 4.17. The molecule has 2 aromatic heterocycles. The van der Waals surface area contributed by atoms with Crippen LogP contribution in [0.4, 0.5) is 5.13 Å². The molecule has 0 aliphatic rings. The molecule has 1 amide bonds. The van der Waals surface area contributed by atoms with Gasteiger partial charge < -0.3 is 4.57 Å². The maximum atomic E-state index is 12.8. The number of anilines is 1. The van der Waals surface area contributed by atoms with Crippen LogP contribution >= 0.6 is 27.3 Å². The maximum absolute atomic E-state index is 12.8. The van der Waals surface area contributed by atoms with Gasteiger partial charge in [0.25, 0.3) is 5.56 Å². The summed E-state index contributed by atoms with van der Waals surface area (Å²) in [7, 11) is 0. The van der Waals surface area contributed by atoms with Crippen LogP contribution in [-0.4, -0.2) is 22.0 Å². The fraction of sp³-hybridized carbons (Fsp3) is 0.105. The van der Waals surface area contributed by atoms with Crippen LogP contribution in [-0.2, 0) is 11.3 Å². The van der Waals surface area contributed by atoms with E-state index in [1.807, 2.05) is 35.7 Å². The van der Waals surface area contributed by atoms with Gasteiger partial charge in [0, 0.05) is 34.2 Å². The molecule has 0 fully saturated rings. The fourth-order valence-corrected chi connectivity index (χ4v) is 3.64. The van der Waals surface area contributed by atoms with Gasteiger partial charge >= 0.3 is 0 Å². The topological polar surface area (TPSA) is 55.2 Å². The molecule has 2 heterocycles. The molecule has 7 heteroatoms. The molecular formula is C19H16BrN3O2S. The monoisotopic (exact) mass is 429 g/mol. The lowest BCUT2D eigenvalue weighted by molar-refractivity contribution is -0.119. The SMILES string of the molecule is C=CCN(C(=O)Cn1cc(Br)ccc1=O)c1nc(-c2ccccc2)cs1. The van der Waals surface area contributed by atoms with Crippen molar-refractivity contribution in [1.82, 2.24) is 9.55 Å². The highest BCUT2D eigenvalue weighted by atomic mass is 79.9. The van der Waals surface area contributed by atoms with Gasteiger partial charge in [-0.3, -0.25) is 14.5 Å². The lowest BCUT2D eigenvalue weighted by Crippen LogP contribution is -2.36. The summed E-state index contributed by atoms with van der Waals surface area (Å²) in [5.74, 6) is -0.223. The molecule has 132 valence electrons. The van der Waals surface area contributed by atoms with E-state index < -0.39 is 0 Å². The second kappa shape index (κ2) is 8.25. The molecule has 0 spiro atoms. The van der Waals surface area contributed by atoms with Gasteiger partial charge in [-0.15, -0.1) is 17.9 Å². The number of pyridine rings is 1. The molecule has 0 atom stereocenters. The number of rotatable bonds is 6. The minimum absolute atomic E-state index is 0.0631. The summed E-state index contributed by atoms with van der Waals surface area (Å²) in [6.07, 6.45) is 3.24. The zero-order valence-corrected chi connectivity index (χ0v) is 16.2. The normalized spacial score (nSPS) is 10.5. The minimum atomic E-state index is -0.232. The summed E-state index contributed by atoms with van der Waals surface area (Å²) in [4.78, 5) is 30.9. The van der Waals surface area contributed by atoms with E-state index in [1.54, 1.807) is 18.3 Å². The smallest absolute Gasteiger partial charge is 0.251 e. The van der Waals surface area contributed by atoms with Gasteiger partial charge in [0.1, 0.15) is 6.54 Å². The van der Waals surface area contributed by atoms with Gasteiger partial charge in [-0.25, -0.2) is 4.98 Å². The first-order valence-corrected chi connectivity index (χ1v) is 9.54. The first kappa shape index (κ1) is 18.3. The quantitative estimate of drug-likeness (QED) is 0.557. The Balaban J connectivity index is 1.86. The van der Waals surface area contributed by atoms with Gasteiger partial charge in [0.15, 0.2) is 5.13 Å². The molecule has 0 N–H and O–H groups in total. The number of benzene rings is 1. The number of halogens is 1. The summed E-state index contributed by atoms with van der Waals surface area (Å²) in [5, 5.41) is 2.50. The summed E-state index contributed by atoms with van der Waals surface area (Å²) in [6.45, 7) is 3.98. The van der Waals surface area contributed by atoms with Crippen molar-refractivity contribution in [3.63, 3.8) is 0 Å². The molecule has 3 aromatic rings. The van der Waals surface area contributed by atoms with Crippen molar-refractivity contribution in [2.24, 2.45) is 0 Å². The Kier molecular flexibility index (Phi) is 5.80. The highest BCUT2D eigenvalue weighted by Crippen LogP contribution is 2.27. The highest BCUT2D eigenvalue weighted by Gasteiger charge is 2.19. The molecule has 0 saturated heterocycles. The zero-order chi connectivity index (χ0) is 18.5. The average Bonchev–Trinajstić information content (AvgIpc) is 3.13. The molecule has 5 nitrogen and oxygen atoms in total. The number of aromatic nitrogens is 2. The molecule has 26 heavy (non-hydrogen) atoms. The predicted molar refractivity (Wildman–Crippen MR) is 109 cm³/mol. The standard InChI is InChI=1S/C19H16BrN3O2S/c1-2-10-23(18(25)12-22-11-15(20)8-9-17(22)24)19-21-16(13-26-19)14-6-4-3-5-7-14/h2-9,11,13H,1,10,12H2. The van der Waals surface area contributed by atoms with Crippen LogP contribution in [0.1, 0.15) is 0 Å². The van der Waals surface area contributed by atoms with Gasteiger partial charge in [-0.1, -0.05) is 36.4 Å². The van der Waals surface area contributed by atoms with Crippen LogP contribution in [0.15, 0.2) is 76.0 Å². The molecule has 1 aromatic carbocycles. The van der Waals surface area contributed by atoms with Crippen LogP contribution in [0.3, 0.4) is 0 Å². The Hall–Kier alpha value is -2.51. The summed E-state index contributed by atoms with van der Waals surface area (Å²) in [5.41, 5.74) is 1.57.